The van der Waals surface area contributed by atoms with Crippen molar-refractivity contribution in [3.05, 3.63) is 83.5 Å². The number of aromatic nitrogens is 2. The second-order valence-corrected chi connectivity index (χ2v) is 10.6. The quantitative estimate of drug-likeness (QED) is 0.440. The zero-order valence-corrected chi connectivity index (χ0v) is 22.1. The lowest BCUT2D eigenvalue weighted by atomic mass is 9.94. The average molecular weight is 516 g/mol. The van der Waals surface area contributed by atoms with E-state index in [1.807, 2.05) is 36.4 Å². The van der Waals surface area contributed by atoms with Gasteiger partial charge >= 0.3 is 0 Å². The molecule has 3 aromatic rings. The predicted molar refractivity (Wildman–Crippen MR) is 144 cm³/mol. The highest BCUT2D eigenvalue weighted by atomic mass is 16.5. The highest BCUT2D eigenvalue weighted by Crippen LogP contribution is 2.28. The third kappa shape index (κ3) is 6.86. The van der Waals surface area contributed by atoms with Gasteiger partial charge in [0, 0.05) is 51.2 Å². The van der Waals surface area contributed by atoms with Gasteiger partial charge in [0.2, 0.25) is 17.7 Å². The molecule has 2 saturated heterocycles. The third-order valence-electron chi connectivity index (χ3n) is 7.77. The largest absolute Gasteiger partial charge is 0.349 e. The number of likely N-dealkylation sites (tertiary alicyclic amines) is 2. The Bertz CT molecular complexity index is 1180. The maximum Gasteiger partial charge on any atom is 0.229 e. The molecule has 1 N–H and O–H groups in total. The van der Waals surface area contributed by atoms with E-state index in [0.717, 1.165) is 56.2 Å². The van der Waals surface area contributed by atoms with Crippen LogP contribution < -0.4 is 5.32 Å². The van der Waals surface area contributed by atoms with E-state index in [-0.39, 0.29) is 23.8 Å². The Kier molecular flexibility index (Phi) is 8.48. The van der Waals surface area contributed by atoms with Crippen molar-refractivity contribution in [2.24, 2.45) is 5.92 Å². The Balaban J connectivity index is 1.09. The van der Waals surface area contributed by atoms with Gasteiger partial charge in [-0.05, 0) is 43.5 Å². The zero-order chi connectivity index (χ0) is 26.3. The third-order valence-corrected chi connectivity index (χ3v) is 7.77. The van der Waals surface area contributed by atoms with Crippen LogP contribution in [0.1, 0.15) is 67.4 Å². The number of carbonyl (C=O) groups excluding carboxylic acids is 2. The van der Waals surface area contributed by atoms with Crippen molar-refractivity contribution in [2.75, 3.05) is 32.7 Å². The summed E-state index contributed by atoms with van der Waals surface area (Å²) in [5.41, 5.74) is 2.31. The van der Waals surface area contributed by atoms with Crippen LogP contribution in [0.5, 0.6) is 0 Å². The Morgan fingerprint density at radius 1 is 1.03 bits per heavy atom. The molecular weight excluding hydrogens is 478 g/mol. The molecule has 2 fully saturated rings. The smallest absolute Gasteiger partial charge is 0.229 e. The molecule has 0 radical (unpaired) electrons. The molecule has 38 heavy (non-hydrogen) atoms. The number of carbonyl (C=O) groups is 2. The minimum absolute atomic E-state index is 0.0260. The summed E-state index contributed by atoms with van der Waals surface area (Å²) in [6.45, 7) is 5.80. The summed E-state index contributed by atoms with van der Waals surface area (Å²) in [4.78, 5) is 33.2. The van der Waals surface area contributed by atoms with Crippen LogP contribution in [0.4, 0.5) is 0 Å². The molecule has 2 aliphatic rings. The monoisotopic (exact) mass is 515 g/mol. The van der Waals surface area contributed by atoms with Crippen molar-refractivity contribution < 1.29 is 14.1 Å². The van der Waals surface area contributed by atoms with E-state index in [0.29, 0.717) is 31.8 Å². The van der Waals surface area contributed by atoms with E-state index in [2.05, 4.69) is 44.6 Å². The first-order valence-electron chi connectivity index (χ1n) is 13.7. The van der Waals surface area contributed by atoms with Crippen LogP contribution in [0.15, 0.2) is 65.2 Å². The Labute approximate surface area is 224 Å². The first kappa shape index (κ1) is 26.1. The number of hydrogen-bond donors (Lipinski definition) is 1. The molecule has 1 atom stereocenters. The number of piperidine rings is 1. The second kappa shape index (κ2) is 12.3. The van der Waals surface area contributed by atoms with Crippen LogP contribution in [0.2, 0.25) is 0 Å². The lowest BCUT2D eigenvalue weighted by Gasteiger charge is -2.38. The van der Waals surface area contributed by atoms with Gasteiger partial charge in [0.1, 0.15) is 0 Å². The fourth-order valence-corrected chi connectivity index (χ4v) is 5.48. The standard InChI is InChI=1S/C30H37N5O3/c1-22(36)35-20-24(21-35)19-29(37)31-27(25-10-6-3-7-11-25)14-17-34-15-12-26(13-16-34)30-32-28(33-38-30)18-23-8-4-2-5-9-23/h2-11,24,26-27H,12-21H2,1H3,(H,31,37)/t27-/m0/s1. The summed E-state index contributed by atoms with van der Waals surface area (Å²) < 4.78 is 5.63. The molecule has 0 spiro atoms. The first-order chi connectivity index (χ1) is 18.5. The summed E-state index contributed by atoms with van der Waals surface area (Å²) in [6.07, 6.45) is 3.99. The van der Waals surface area contributed by atoms with Gasteiger partial charge in [0.25, 0.3) is 0 Å². The van der Waals surface area contributed by atoms with Crippen molar-refractivity contribution >= 4 is 11.8 Å². The molecule has 0 unspecified atom stereocenters. The van der Waals surface area contributed by atoms with Crippen molar-refractivity contribution in [3.63, 3.8) is 0 Å². The Morgan fingerprint density at radius 3 is 2.39 bits per heavy atom. The fourth-order valence-electron chi connectivity index (χ4n) is 5.48. The minimum Gasteiger partial charge on any atom is -0.349 e. The summed E-state index contributed by atoms with van der Waals surface area (Å²) in [6, 6.07) is 20.4. The molecule has 2 aliphatic heterocycles. The second-order valence-electron chi connectivity index (χ2n) is 10.6. The van der Waals surface area contributed by atoms with Crippen molar-refractivity contribution in [1.82, 2.24) is 25.3 Å². The molecule has 8 heteroatoms. The first-order valence-corrected chi connectivity index (χ1v) is 13.7. The normalized spacial score (nSPS) is 17.7. The molecule has 0 aliphatic carbocycles. The number of nitrogens with zero attached hydrogens (tertiary/aromatic N) is 4. The summed E-state index contributed by atoms with van der Waals surface area (Å²) in [7, 11) is 0. The van der Waals surface area contributed by atoms with Crippen LogP contribution in [0.25, 0.3) is 0 Å². The molecule has 0 saturated carbocycles. The van der Waals surface area contributed by atoms with E-state index in [1.54, 1.807) is 11.8 Å². The van der Waals surface area contributed by atoms with E-state index >= 15 is 0 Å². The molecule has 2 aromatic carbocycles. The number of nitrogens with one attached hydrogen (secondary N) is 1. The number of amides is 2. The maximum atomic E-state index is 12.8. The molecule has 2 amide bonds. The van der Waals surface area contributed by atoms with E-state index in [4.69, 9.17) is 4.52 Å². The van der Waals surface area contributed by atoms with Gasteiger partial charge in [-0.2, -0.15) is 4.98 Å². The molecular formula is C30H37N5O3. The number of hydrogen-bond acceptors (Lipinski definition) is 6. The molecule has 1 aromatic heterocycles. The van der Waals surface area contributed by atoms with Gasteiger partial charge in [-0.3, -0.25) is 9.59 Å². The van der Waals surface area contributed by atoms with E-state index in [1.165, 1.54) is 5.56 Å². The van der Waals surface area contributed by atoms with Crippen LogP contribution in [-0.4, -0.2) is 64.5 Å². The van der Waals surface area contributed by atoms with Gasteiger partial charge in [-0.25, -0.2) is 0 Å². The number of rotatable bonds is 10. The lowest BCUT2D eigenvalue weighted by Crippen LogP contribution is -2.50. The van der Waals surface area contributed by atoms with Gasteiger partial charge in [-0.1, -0.05) is 65.8 Å². The SMILES string of the molecule is CC(=O)N1CC(CC(=O)N[C@@H](CCN2CCC(c3nc(Cc4ccccc4)no3)CC2)c2ccccc2)C1. The molecule has 200 valence electrons. The van der Waals surface area contributed by atoms with Crippen LogP contribution in [0.3, 0.4) is 0 Å². The lowest BCUT2D eigenvalue weighted by molar-refractivity contribution is -0.137. The van der Waals surface area contributed by atoms with Crippen molar-refractivity contribution in [1.29, 1.82) is 0 Å². The summed E-state index contributed by atoms with van der Waals surface area (Å²) >= 11 is 0. The zero-order valence-electron chi connectivity index (χ0n) is 22.1. The van der Waals surface area contributed by atoms with Crippen molar-refractivity contribution in [3.8, 4) is 0 Å². The van der Waals surface area contributed by atoms with Crippen molar-refractivity contribution in [2.45, 2.75) is 51.0 Å². The van der Waals surface area contributed by atoms with E-state index in [9.17, 15) is 9.59 Å². The fraction of sp³-hybridized carbons (Fsp3) is 0.467. The van der Waals surface area contributed by atoms with Gasteiger partial charge in [-0.15, -0.1) is 0 Å². The Morgan fingerprint density at radius 2 is 1.71 bits per heavy atom. The van der Waals surface area contributed by atoms with Gasteiger partial charge in [0.15, 0.2) is 5.82 Å². The van der Waals surface area contributed by atoms with Crippen LogP contribution in [-0.2, 0) is 16.0 Å². The van der Waals surface area contributed by atoms with E-state index < -0.39 is 0 Å². The summed E-state index contributed by atoms with van der Waals surface area (Å²) in [5, 5.41) is 7.48. The predicted octanol–water partition coefficient (Wildman–Crippen LogP) is 3.96. The van der Waals surface area contributed by atoms with Gasteiger partial charge < -0.3 is 19.6 Å². The molecule has 0 bridgehead atoms. The van der Waals surface area contributed by atoms with Crippen LogP contribution in [0, 0.1) is 5.92 Å². The molecule has 3 heterocycles. The molecule has 5 rings (SSSR count). The summed E-state index contributed by atoms with van der Waals surface area (Å²) in [5.74, 6) is 2.19. The molecule has 8 nitrogen and oxygen atoms in total. The topological polar surface area (TPSA) is 91.6 Å². The maximum absolute atomic E-state index is 12.8. The highest BCUT2D eigenvalue weighted by molar-refractivity contribution is 5.78. The van der Waals surface area contributed by atoms with Crippen LogP contribution >= 0.6 is 0 Å². The highest BCUT2D eigenvalue weighted by Gasteiger charge is 2.31. The minimum atomic E-state index is -0.0260. The Hall–Kier alpha value is -3.52. The van der Waals surface area contributed by atoms with Gasteiger partial charge in [0.05, 0.1) is 6.04 Å². The number of benzene rings is 2. The average Bonchev–Trinajstić information content (AvgIpc) is 3.38.